The topological polar surface area (TPSA) is 105 Å². The lowest BCUT2D eigenvalue weighted by Crippen LogP contribution is -2.43. The number of carbonyl (C=O) groups excluding carboxylic acids is 4. The molecule has 0 aliphatic rings. The first kappa shape index (κ1) is 22.1. The minimum atomic E-state index is -1.65. The van der Waals surface area contributed by atoms with Gasteiger partial charge >= 0.3 is 23.9 Å². The van der Waals surface area contributed by atoms with Crippen LogP contribution in [0.2, 0.25) is 0 Å². The summed E-state index contributed by atoms with van der Waals surface area (Å²) >= 11 is 0. The Morgan fingerprint density at radius 1 is 0.840 bits per heavy atom. The summed E-state index contributed by atoms with van der Waals surface area (Å²) in [5.41, 5.74) is -0.927. The molecule has 0 amide bonds. The number of rotatable bonds is 9. The maximum absolute atomic E-state index is 12.1. The molecule has 2 unspecified atom stereocenters. The van der Waals surface area contributed by atoms with Crippen LogP contribution < -0.4 is 0 Å². The minimum absolute atomic E-state index is 0.545. The first-order valence-corrected chi connectivity index (χ1v) is 7.21. The number of carbonyl (C=O) groups is 4. The summed E-state index contributed by atoms with van der Waals surface area (Å²) in [5, 5.41) is 0. The third-order valence-electron chi connectivity index (χ3n) is 2.53. The van der Waals surface area contributed by atoms with Crippen molar-refractivity contribution in [1.29, 1.82) is 0 Å². The third kappa shape index (κ3) is 8.50. The van der Waals surface area contributed by atoms with Gasteiger partial charge in [0.15, 0.2) is 0 Å². The van der Waals surface area contributed by atoms with Gasteiger partial charge < -0.3 is 18.9 Å². The van der Waals surface area contributed by atoms with Gasteiger partial charge in [0.25, 0.3) is 6.29 Å². The Morgan fingerprint density at radius 3 is 1.76 bits per heavy atom. The summed E-state index contributed by atoms with van der Waals surface area (Å²) in [6, 6.07) is 0. The molecule has 0 aliphatic heterocycles. The van der Waals surface area contributed by atoms with Crippen LogP contribution in [0, 0.1) is 5.41 Å². The highest BCUT2D eigenvalue weighted by Gasteiger charge is 2.36. The van der Waals surface area contributed by atoms with Crippen molar-refractivity contribution in [2.24, 2.45) is 5.41 Å². The molecule has 138 valence electrons. The van der Waals surface area contributed by atoms with E-state index in [0.717, 1.165) is 18.2 Å². The van der Waals surface area contributed by atoms with Gasteiger partial charge in [-0.25, -0.2) is 14.4 Å². The Balaban J connectivity index is 5.47. The predicted molar refractivity (Wildman–Crippen MR) is 86.9 cm³/mol. The van der Waals surface area contributed by atoms with E-state index in [4.69, 9.17) is 18.9 Å². The van der Waals surface area contributed by atoms with Crippen LogP contribution in [-0.4, -0.2) is 42.9 Å². The van der Waals surface area contributed by atoms with Gasteiger partial charge in [-0.3, -0.25) is 4.79 Å². The summed E-state index contributed by atoms with van der Waals surface area (Å²) in [6.07, 6.45) is -0.498. The van der Waals surface area contributed by atoms with Gasteiger partial charge in [0, 0.05) is 18.2 Å². The van der Waals surface area contributed by atoms with Crippen molar-refractivity contribution < 1.29 is 38.1 Å². The Hall–Kier alpha value is -2.90. The Labute approximate surface area is 146 Å². The van der Waals surface area contributed by atoms with Crippen LogP contribution in [0.15, 0.2) is 38.0 Å². The highest BCUT2D eigenvalue weighted by atomic mass is 16.7. The molecule has 0 saturated heterocycles. The van der Waals surface area contributed by atoms with E-state index in [1.165, 1.54) is 0 Å². The second kappa shape index (κ2) is 10.1. The van der Waals surface area contributed by atoms with E-state index in [2.05, 4.69) is 19.7 Å². The fourth-order valence-electron chi connectivity index (χ4n) is 1.21. The summed E-state index contributed by atoms with van der Waals surface area (Å²) in [4.78, 5) is 46.3. The van der Waals surface area contributed by atoms with Crippen LogP contribution >= 0.6 is 0 Å². The summed E-state index contributed by atoms with van der Waals surface area (Å²) in [6.45, 7) is 13.9. The molecule has 2 atom stereocenters. The van der Waals surface area contributed by atoms with Crippen LogP contribution in [0.3, 0.4) is 0 Å². The van der Waals surface area contributed by atoms with E-state index in [9.17, 15) is 19.2 Å². The average Bonchev–Trinajstić information content (AvgIpc) is 2.55. The van der Waals surface area contributed by atoms with Crippen molar-refractivity contribution >= 4 is 23.9 Å². The molecular formula is C17H22O8. The van der Waals surface area contributed by atoms with Gasteiger partial charge in [0.1, 0.15) is 6.61 Å². The van der Waals surface area contributed by atoms with Gasteiger partial charge in [0.05, 0.1) is 5.41 Å². The minimum Gasteiger partial charge on any atom is -0.458 e. The van der Waals surface area contributed by atoms with Gasteiger partial charge in [-0.2, -0.15) is 0 Å². The van der Waals surface area contributed by atoms with Crippen LogP contribution in [0.4, 0.5) is 0 Å². The number of esters is 4. The third-order valence-corrected chi connectivity index (χ3v) is 2.53. The molecule has 0 saturated carbocycles. The van der Waals surface area contributed by atoms with Crippen molar-refractivity contribution in [3.8, 4) is 0 Å². The molecule has 0 N–H and O–H groups in total. The standard InChI is InChI=1S/C17H22O8/c1-7-12(18)22-10-11(23-13(19)8-2)15(24-14(20)9-3)25-16(21)17(4,5)6/h7-9,11,15H,1-3,10H2,4-6H3. The smallest absolute Gasteiger partial charge is 0.333 e. The Kier molecular flexibility index (Phi) is 8.90. The lowest BCUT2D eigenvalue weighted by molar-refractivity contribution is -0.220. The van der Waals surface area contributed by atoms with Gasteiger partial charge in [-0.05, 0) is 20.8 Å². The fraction of sp³-hybridized carbons (Fsp3) is 0.412. The number of ether oxygens (including phenoxy) is 4. The molecule has 0 aliphatic carbocycles. The molecule has 0 aromatic rings. The fourth-order valence-corrected chi connectivity index (χ4v) is 1.21. The Bertz CT molecular complexity index is 555. The molecule has 0 fully saturated rings. The number of hydrogen-bond acceptors (Lipinski definition) is 8. The zero-order valence-electron chi connectivity index (χ0n) is 14.5. The van der Waals surface area contributed by atoms with Crippen LogP contribution in [-0.2, 0) is 38.1 Å². The first-order chi connectivity index (χ1) is 11.5. The van der Waals surface area contributed by atoms with Crippen LogP contribution in [0.5, 0.6) is 0 Å². The van der Waals surface area contributed by atoms with Crippen molar-refractivity contribution in [1.82, 2.24) is 0 Å². The molecule has 0 heterocycles. The van der Waals surface area contributed by atoms with E-state index in [1.54, 1.807) is 20.8 Å². The van der Waals surface area contributed by atoms with E-state index >= 15 is 0 Å². The van der Waals surface area contributed by atoms with Crippen molar-refractivity contribution in [2.75, 3.05) is 6.61 Å². The van der Waals surface area contributed by atoms with E-state index in [-0.39, 0.29) is 0 Å². The maximum atomic E-state index is 12.1. The SMILES string of the molecule is C=CC(=O)OCC(OC(=O)C=C)C(OC(=O)C=C)OC(=O)C(C)(C)C. The number of hydrogen-bond donors (Lipinski definition) is 0. The highest BCUT2D eigenvalue weighted by molar-refractivity contribution is 5.83. The van der Waals surface area contributed by atoms with Gasteiger partial charge in [0.2, 0.25) is 6.10 Å². The summed E-state index contributed by atoms with van der Waals surface area (Å²) < 4.78 is 19.8. The van der Waals surface area contributed by atoms with Crippen molar-refractivity contribution in [3.63, 3.8) is 0 Å². The normalized spacial score (nSPS) is 12.8. The van der Waals surface area contributed by atoms with Gasteiger partial charge in [-0.1, -0.05) is 19.7 Å². The van der Waals surface area contributed by atoms with E-state index < -0.39 is 48.3 Å². The van der Waals surface area contributed by atoms with E-state index in [0.29, 0.717) is 0 Å². The maximum Gasteiger partial charge on any atom is 0.333 e. The second-order valence-corrected chi connectivity index (χ2v) is 5.68. The zero-order valence-corrected chi connectivity index (χ0v) is 14.5. The van der Waals surface area contributed by atoms with Crippen molar-refractivity contribution in [3.05, 3.63) is 38.0 Å². The molecule has 0 aromatic heterocycles. The predicted octanol–water partition coefficient (Wildman–Crippen LogP) is 1.46. The molecule has 8 heteroatoms. The molecule has 8 nitrogen and oxygen atoms in total. The zero-order chi connectivity index (χ0) is 19.6. The molecule has 0 radical (unpaired) electrons. The summed E-state index contributed by atoms with van der Waals surface area (Å²) in [7, 11) is 0. The molecule has 0 rings (SSSR count). The lowest BCUT2D eigenvalue weighted by atomic mass is 9.97. The molecule has 0 spiro atoms. The molecular weight excluding hydrogens is 332 g/mol. The molecule has 0 bridgehead atoms. The first-order valence-electron chi connectivity index (χ1n) is 7.21. The monoisotopic (exact) mass is 354 g/mol. The second-order valence-electron chi connectivity index (χ2n) is 5.68. The lowest BCUT2D eigenvalue weighted by Gasteiger charge is -2.28. The van der Waals surface area contributed by atoms with Crippen molar-refractivity contribution in [2.45, 2.75) is 33.2 Å². The quantitative estimate of drug-likeness (QED) is 0.265. The van der Waals surface area contributed by atoms with Crippen LogP contribution in [0.1, 0.15) is 20.8 Å². The van der Waals surface area contributed by atoms with Crippen LogP contribution in [0.25, 0.3) is 0 Å². The Morgan fingerprint density at radius 2 is 1.32 bits per heavy atom. The highest BCUT2D eigenvalue weighted by Crippen LogP contribution is 2.19. The molecule has 25 heavy (non-hydrogen) atoms. The average molecular weight is 354 g/mol. The van der Waals surface area contributed by atoms with E-state index in [1.807, 2.05) is 0 Å². The van der Waals surface area contributed by atoms with Gasteiger partial charge in [-0.15, -0.1) is 0 Å². The molecule has 0 aromatic carbocycles. The summed E-state index contributed by atoms with van der Waals surface area (Å²) in [5.74, 6) is -3.37. The largest absolute Gasteiger partial charge is 0.458 e.